The predicted molar refractivity (Wildman–Crippen MR) is 85.4 cm³/mol. The number of carbonyl (C=O) groups is 2. The maximum absolute atomic E-state index is 12.9. The van der Waals surface area contributed by atoms with E-state index >= 15 is 0 Å². The molecule has 1 aliphatic carbocycles. The Morgan fingerprint density at radius 3 is 2.62 bits per heavy atom. The Bertz CT molecular complexity index is 632. The van der Waals surface area contributed by atoms with E-state index in [1.54, 1.807) is 30.0 Å². The highest BCUT2D eigenvalue weighted by Gasteiger charge is 2.54. The van der Waals surface area contributed by atoms with E-state index in [2.05, 4.69) is 21.2 Å². The molecule has 2 atom stereocenters. The molecule has 6 heteroatoms. The Labute approximate surface area is 137 Å². The van der Waals surface area contributed by atoms with Gasteiger partial charge >= 0.3 is 0 Å². The third kappa shape index (κ3) is 2.36. The van der Waals surface area contributed by atoms with E-state index in [1.807, 2.05) is 6.92 Å². The number of amides is 2. The van der Waals surface area contributed by atoms with Crippen LogP contribution in [0.4, 0.5) is 5.69 Å². The quantitative estimate of drug-likeness (QED) is 0.868. The van der Waals surface area contributed by atoms with Crippen LogP contribution in [0.15, 0.2) is 22.7 Å². The summed E-state index contributed by atoms with van der Waals surface area (Å²) in [7, 11) is 0. The molecule has 21 heavy (non-hydrogen) atoms. The lowest BCUT2D eigenvalue weighted by atomic mass is 9.89. The first-order valence-corrected chi connectivity index (χ1v) is 8.12. The molecule has 0 radical (unpaired) electrons. The minimum atomic E-state index is -0.796. The smallest absolute Gasteiger partial charge is 0.253 e. The van der Waals surface area contributed by atoms with Crippen molar-refractivity contribution in [1.29, 1.82) is 0 Å². The highest BCUT2D eigenvalue weighted by molar-refractivity contribution is 9.10. The van der Waals surface area contributed by atoms with Crippen LogP contribution in [0.5, 0.6) is 0 Å². The maximum Gasteiger partial charge on any atom is 0.253 e. The van der Waals surface area contributed by atoms with Gasteiger partial charge in [-0.2, -0.15) is 0 Å². The molecule has 112 valence electrons. The summed E-state index contributed by atoms with van der Waals surface area (Å²) in [5.74, 6) is 0.0704. The summed E-state index contributed by atoms with van der Waals surface area (Å²) in [6, 6.07) is 4.75. The van der Waals surface area contributed by atoms with Gasteiger partial charge in [0.2, 0.25) is 5.91 Å². The molecular weight excluding hydrogens is 356 g/mol. The number of nitrogens with zero attached hydrogens (tertiary/aromatic N) is 1. The molecule has 0 spiro atoms. The average molecular weight is 372 g/mol. The minimum Gasteiger partial charge on any atom is -0.340 e. The number of anilines is 1. The second-order valence-electron chi connectivity index (χ2n) is 5.92. The van der Waals surface area contributed by atoms with Crippen LogP contribution in [0.2, 0.25) is 5.02 Å². The van der Waals surface area contributed by atoms with Gasteiger partial charge in [-0.3, -0.25) is 14.5 Å². The maximum atomic E-state index is 12.9. The molecule has 2 amide bonds. The Morgan fingerprint density at radius 1 is 1.38 bits per heavy atom. The van der Waals surface area contributed by atoms with Crippen LogP contribution < -0.4 is 10.2 Å². The van der Waals surface area contributed by atoms with E-state index in [0.717, 1.165) is 12.8 Å². The summed E-state index contributed by atoms with van der Waals surface area (Å²) in [4.78, 5) is 26.8. The third-order valence-corrected chi connectivity index (χ3v) is 5.60. The van der Waals surface area contributed by atoms with Crippen LogP contribution in [0.1, 0.15) is 26.7 Å². The topological polar surface area (TPSA) is 49.4 Å². The lowest BCUT2D eigenvalue weighted by Gasteiger charge is -2.43. The van der Waals surface area contributed by atoms with Gasteiger partial charge in [-0.1, -0.05) is 11.6 Å². The van der Waals surface area contributed by atoms with Crippen molar-refractivity contribution in [3.63, 3.8) is 0 Å². The standard InChI is InChI=1S/C15H16BrClN2O2/c1-8-13(20)18-15(2,9-3-4-9)14(21)19(8)10-5-6-12(17)11(16)7-10/h5-9H,3-4H2,1-2H3,(H,18,20). The van der Waals surface area contributed by atoms with E-state index in [4.69, 9.17) is 11.6 Å². The first-order chi connectivity index (χ1) is 9.84. The molecule has 1 aromatic rings. The van der Waals surface area contributed by atoms with Crippen LogP contribution in [0, 0.1) is 5.92 Å². The summed E-state index contributed by atoms with van der Waals surface area (Å²) >= 11 is 9.37. The summed E-state index contributed by atoms with van der Waals surface area (Å²) in [5.41, 5.74) is -0.110. The zero-order valence-corrected chi connectivity index (χ0v) is 14.2. The number of carbonyl (C=O) groups excluding carboxylic acids is 2. The summed E-state index contributed by atoms with van der Waals surface area (Å²) in [6.45, 7) is 3.57. The number of benzene rings is 1. The van der Waals surface area contributed by atoms with Gasteiger partial charge < -0.3 is 5.32 Å². The van der Waals surface area contributed by atoms with Gasteiger partial charge in [-0.05, 0) is 66.7 Å². The first-order valence-electron chi connectivity index (χ1n) is 6.95. The van der Waals surface area contributed by atoms with Gasteiger partial charge in [0, 0.05) is 10.2 Å². The molecule has 1 aliphatic heterocycles. The van der Waals surface area contributed by atoms with Crippen molar-refractivity contribution >= 4 is 45.0 Å². The zero-order valence-electron chi connectivity index (χ0n) is 11.8. The first kappa shape index (κ1) is 14.9. The second kappa shape index (κ2) is 4.99. The van der Waals surface area contributed by atoms with Gasteiger partial charge in [0.05, 0.1) is 5.02 Å². The lowest BCUT2D eigenvalue weighted by Crippen LogP contribution is -2.69. The highest BCUT2D eigenvalue weighted by Crippen LogP contribution is 2.43. The Kier molecular flexibility index (Phi) is 3.53. The molecule has 2 unspecified atom stereocenters. The number of rotatable bonds is 2. The number of nitrogens with one attached hydrogen (secondary N) is 1. The normalized spacial score (nSPS) is 29.5. The minimum absolute atomic E-state index is 0.0497. The highest BCUT2D eigenvalue weighted by atomic mass is 79.9. The van der Waals surface area contributed by atoms with Crippen molar-refractivity contribution in [2.24, 2.45) is 5.92 Å². The van der Waals surface area contributed by atoms with Crippen molar-refractivity contribution in [2.75, 3.05) is 4.90 Å². The fraction of sp³-hybridized carbons (Fsp3) is 0.467. The molecule has 1 N–H and O–H groups in total. The number of halogens is 2. The van der Waals surface area contributed by atoms with Gasteiger partial charge in [-0.25, -0.2) is 0 Å². The van der Waals surface area contributed by atoms with E-state index in [-0.39, 0.29) is 17.7 Å². The van der Waals surface area contributed by atoms with Crippen molar-refractivity contribution in [2.45, 2.75) is 38.3 Å². The molecule has 2 fully saturated rings. The monoisotopic (exact) mass is 370 g/mol. The number of hydrogen-bond donors (Lipinski definition) is 1. The van der Waals surface area contributed by atoms with E-state index < -0.39 is 11.6 Å². The van der Waals surface area contributed by atoms with Crippen molar-refractivity contribution < 1.29 is 9.59 Å². The summed E-state index contributed by atoms with van der Waals surface area (Å²) < 4.78 is 0.709. The van der Waals surface area contributed by atoms with E-state index in [0.29, 0.717) is 15.2 Å². The Hall–Kier alpha value is -1.07. The predicted octanol–water partition coefficient (Wildman–Crippen LogP) is 3.12. The van der Waals surface area contributed by atoms with Crippen molar-refractivity contribution in [3.8, 4) is 0 Å². The van der Waals surface area contributed by atoms with Gasteiger partial charge in [-0.15, -0.1) is 0 Å². The van der Waals surface area contributed by atoms with Crippen LogP contribution in [-0.4, -0.2) is 23.4 Å². The number of piperazine rings is 1. The van der Waals surface area contributed by atoms with Crippen LogP contribution >= 0.6 is 27.5 Å². The van der Waals surface area contributed by atoms with E-state index in [1.165, 1.54) is 0 Å². The van der Waals surface area contributed by atoms with E-state index in [9.17, 15) is 9.59 Å². The fourth-order valence-electron chi connectivity index (χ4n) is 2.87. The summed E-state index contributed by atoms with van der Waals surface area (Å²) in [5, 5.41) is 3.49. The molecule has 4 nitrogen and oxygen atoms in total. The molecule has 0 bridgehead atoms. The van der Waals surface area contributed by atoms with Gasteiger partial charge in [0.15, 0.2) is 0 Å². The van der Waals surface area contributed by atoms with Crippen molar-refractivity contribution in [1.82, 2.24) is 5.32 Å². The zero-order chi connectivity index (χ0) is 15.4. The molecule has 1 saturated carbocycles. The van der Waals surface area contributed by atoms with Crippen molar-refractivity contribution in [3.05, 3.63) is 27.7 Å². The fourth-order valence-corrected chi connectivity index (χ4v) is 3.35. The molecule has 0 aromatic heterocycles. The van der Waals surface area contributed by atoms with Gasteiger partial charge in [0.25, 0.3) is 5.91 Å². The molecular formula is C15H16BrClN2O2. The third-order valence-electron chi connectivity index (χ3n) is 4.39. The Balaban J connectivity index is 2.03. The van der Waals surface area contributed by atoms with Gasteiger partial charge in [0.1, 0.15) is 11.6 Å². The summed E-state index contributed by atoms with van der Waals surface area (Å²) in [6.07, 6.45) is 1.96. The number of hydrogen-bond acceptors (Lipinski definition) is 2. The second-order valence-corrected chi connectivity index (χ2v) is 7.18. The molecule has 2 aliphatic rings. The molecule has 1 heterocycles. The average Bonchev–Trinajstić information content (AvgIpc) is 3.26. The molecule has 1 saturated heterocycles. The van der Waals surface area contributed by atoms with Crippen LogP contribution in [-0.2, 0) is 9.59 Å². The molecule has 1 aromatic carbocycles. The largest absolute Gasteiger partial charge is 0.340 e. The molecule has 3 rings (SSSR count). The lowest BCUT2D eigenvalue weighted by molar-refractivity contribution is -0.138. The Morgan fingerprint density at radius 2 is 2.05 bits per heavy atom. The SMILES string of the molecule is CC1C(=O)NC(C)(C2CC2)C(=O)N1c1ccc(Cl)c(Br)c1. The van der Waals surface area contributed by atoms with Crippen LogP contribution in [0.25, 0.3) is 0 Å². The van der Waals surface area contributed by atoms with Crippen LogP contribution in [0.3, 0.4) is 0 Å².